The lowest BCUT2D eigenvalue weighted by atomic mass is 9.85. The molecule has 4 heteroatoms. The van der Waals surface area contributed by atoms with Crippen molar-refractivity contribution < 1.29 is 19.4 Å². The van der Waals surface area contributed by atoms with E-state index in [-0.39, 0.29) is 0 Å². The maximum Gasteiger partial charge on any atom is 0.309 e. The Hall–Kier alpha value is -1.84. The van der Waals surface area contributed by atoms with Crippen LogP contribution in [0.3, 0.4) is 0 Å². The summed E-state index contributed by atoms with van der Waals surface area (Å²) < 4.78 is 5.13. The molecule has 1 rings (SSSR count). The molecule has 0 bridgehead atoms. The molecule has 1 aromatic rings. The van der Waals surface area contributed by atoms with Crippen molar-refractivity contribution in [1.82, 2.24) is 0 Å². The molecule has 0 radical (unpaired) electrons. The van der Waals surface area contributed by atoms with E-state index in [0.717, 1.165) is 32.1 Å². The molecule has 0 aliphatic heterocycles. The van der Waals surface area contributed by atoms with Crippen LogP contribution in [0.1, 0.15) is 75.6 Å². The molecular formula is C22H34O4. The summed E-state index contributed by atoms with van der Waals surface area (Å²) in [5.41, 5.74) is 4.16. The Morgan fingerprint density at radius 2 is 1.69 bits per heavy atom. The largest absolute Gasteiger partial charge is 0.481 e. The van der Waals surface area contributed by atoms with Gasteiger partial charge in [-0.2, -0.15) is 0 Å². The summed E-state index contributed by atoms with van der Waals surface area (Å²) in [4.78, 5) is 21.8. The van der Waals surface area contributed by atoms with Crippen molar-refractivity contribution in [2.75, 3.05) is 0 Å². The van der Waals surface area contributed by atoms with Crippen molar-refractivity contribution in [3.63, 3.8) is 0 Å². The summed E-state index contributed by atoms with van der Waals surface area (Å²) in [5, 5.41) is 9.24. The van der Waals surface area contributed by atoms with Crippen molar-refractivity contribution in [2.45, 2.75) is 85.7 Å². The van der Waals surface area contributed by atoms with Crippen molar-refractivity contribution in [3.8, 4) is 0 Å². The first-order valence-electron chi connectivity index (χ1n) is 9.43. The quantitative estimate of drug-likeness (QED) is 0.562. The fourth-order valence-electron chi connectivity index (χ4n) is 3.30. The molecule has 0 spiro atoms. The van der Waals surface area contributed by atoms with Crippen LogP contribution in [0.5, 0.6) is 0 Å². The van der Waals surface area contributed by atoms with Crippen molar-refractivity contribution in [2.24, 2.45) is 5.41 Å². The molecule has 0 unspecified atom stereocenters. The first-order valence-corrected chi connectivity index (χ1v) is 9.43. The minimum Gasteiger partial charge on any atom is -0.481 e. The summed E-state index contributed by atoms with van der Waals surface area (Å²) in [5.74, 6) is -0.737. The molecule has 0 amide bonds. The standard InChI is InChI=1S/C22H34O4/c1-16-11-12-18(9-7-13-21(3,4)20(24)25)17(2)19(16)10-8-14-22(5,6)26-15-23/h11-12,15H,7-10,13-14H2,1-6H3,(H,24,25). The number of carbonyl (C=O) groups excluding carboxylic acids is 1. The second-order valence-corrected chi connectivity index (χ2v) is 8.52. The van der Waals surface area contributed by atoms with Crippen molar-refractivity contribution >= 4 is 12.4 Å². The molecule has 4 nitrogen and oxygen atoms in total. The molecule has 0 heterocycles. The van der Waals surface area contributed by atoms with Crippen LogP contribution in [-0.2, 0) is 27.2 Å². The Balaban J connectivity index is 2.73. The Labute approximate surface area is 158 Å². The van der Waals surface area contributed by atoms with Crippen molar-refractivity contribution in [3.05, 3.63) is 34.4 Å². The smallest absolute Gasteiger partial charge is 0.309 e. The predicted octanol–water partition coefficient (Wildman–Crippen LogP) is 5.01. The van der Waals surface area contributed by atoms with E-state index in [2.05, 4.69) is 26.0 Å². The van der Waals surface area contributed by atoms with E-state index in [1.165, 1.54) is 22.3 Å². The van der Waals surface area contributed by atoms with Gasteiger partial charge in [0.1, 0.15) is 5.60 Å². The number of carboxylic acid groups (broad SMARTS) is 1. The fraction of sp³-hybridized carbons (Fsp3) is 0.636. The Morgan fingerprint density at radius 3 is 2.27 bits per heavy atom. The molecule has 0 aliphatic carbocycles. The molecule has 0 fully saturated rings. The number of aryl methyl sites for hydroxylation is 2. The lowest BCUT2D eigenvalue weighted by Gasteiger charge is -2.23. The summed E-state index contributed by atoms with van der Waals surface area (Å²) >= 11 is 0. The molecule has 0 aromatic heterocycles. The minimum absolute atomic E-state index is 0.427. The number of carboxylic acids is 1. The lowest BCUT2D eigenvalue weighted by Crippen LogP contribution is -2.23. The Bertz CT molecular complexity index is 629. The summed E-state index contributed by atoms with van der Waals surface area (Å²) in [6.45, 7) is 12.2. The van der Waals surface area contributed by atoms with E-state index in [0.29, 0.717) is 12.9 Å². The van der Waals surface area contributed by atoms with Gasteiger partial charge in [0, 0.05) is 0 Å². The van der Waals surface area contributed by atoms with Gasteiger partial charge in [-0.25, -0.2) is 0 Å². The summed E-state index contributed by atoms with van der Waals surface area (Å²) in [6, 6.07) is 4.33. The second kappa shape index (κ2) is 9.20. The van der Waals surface area contributed by atoms with Gasteiger partial charge in [-0.3, -0.25) is 9.59 Å². The molecule has 0 aliphatic rings. The summed E-state index contributed by atoms with van der Waals surface area (Å²) in [6.07, 6.45) is 5.16. The molecule has 0 saturated heterocycles. The van der Waals surface area contributed by atoms with Crippen LogP contribution >= 0.6 is 0 Å². The average molecular weight is 363 g/mol. The molecule has 146 valence electrons. The van der Waals surface area contributed by atoms with E-state index in [1.807, 2.05) is 13.8 Å². The Morgan fingerprint density at radius 1 is 1.08 bits per heavy atom. The van der Waals surface area contributed by atoms with Crippen molar-refractivity contribution in [1.29, 1.82) is 0 Å². The van der Waals surface area contributed by atoms with E-state index < -0.39 is 17.0 Å². The highest BCUT2D eigenvalue weighted by molar-refractivity contribution is 5.73. The van der Waals surface area contributed by atoms with Gasteiger partial charge in [-0.05, 0) is 102 Å². The molecule has 1 aromatic carbocycles. The van der Waals surface area contributed by atoms with Gasteiger partial charge in [0.15, 0.2) is 0 Å². The van der Waals surface area contributed by atoms with Crippen LogP contribution in [0.25, 0.3) is 0 Å². The summed E-state index contributed by atoms with van der Waals surface area (Å²) in [7, 11) is 0. The van der Waals surface area contributed by atoms with Crippen LogP contribution in [0.4, 0.5) is 0 Å². The van der Waals surface area contributed by atoms with Crippen LogP contribution in [0, 0.1) is 19.3 Å². The molecule has 0 atom stereocenters. The van der Waals surface area contributed by atoms with Gasteiger partial charge in [0.05, 0.1) is 5.41 Å². The lowest BCUT2D eigenvalue weighted by molar-refractivity contribution is -0.147. The van der Waals surface area contributed by atoms with Gasteiger partial charge >= 0.3 is 5.97 Å². The molecule has 1 N–H and O–H groups in total. The van der Waals surface area contributed by atoms with Gasteiger partial charge in [-0.1, -0.05) is 12.1 Å². The van der Waals surface area contributed by atoms with Gasteiger partial charge < -0.3 is 9.84 Å². The molecule has 26 heavy (non-hydrogen) atoms. The third-order valence-electron chi connectivity index (χ3n) is 5.34. The third kappa shape index (κ3) is 6.47. The van der Waals surface area contributed by atoms with E-state index in [1.54, 1.807) is 13.8 Å². The number of aliphatic carboxylic acids is 1. The van der Waals surface area contributed by atoms with Gasteiger partial charge in [0.25, 0.3) is 6.47 Å². The van der Waals surface area contributed by atoms with Crippen LogP contribution in [0.15, 0.2) is 12.1 Å². The number of rotatable bonds is 11. The van der Waals surface area contributed by atoms with E-state index in [9.17, 15) is 14.7 Å². The Kier molecular flexibility index (Phi) is 7.86. The van der Waals surface area contributed by atoms with E-state index >= 15 is 0 Å². The second-order valence-electron chi connectivity index (χ2n) is 8.52. The predicted molar refractivity (Wildman–Crippen MR) is 104 cm³/mol. The van der Waals surface area contributed by atoms with Crippen LogP contribution in [-0.4, -0.2) is 23.1 Å². The number of ether oxygens (including phenoxy) is 1. The van der Waals surface area contributed by atoms with Crippen LogP contribution < -0.4 is 0 Å². The average Bonchev–Trinajstić information content (AvgIpc) is 2.52. The van der Waals surface area contributed by atoms with Gasteiger partial charge in [-0.15, -0.1) is 0 Å². The first kappa shape index (κ1) is 22.2. The molecule has 0 saturated carbocycles. The van der Waals surface area contributed by atoms with Crippen LogP contribution in [0.2, 0.25) is 0 Å². The van der Waals surface area contributed by atoms with Gasteiger partial charge in [0.2, 0.25) is 0 Å². The fourth-order valence-corrected chi connectivity index (χ4v) is 3.30. The number of benzene rings is 1. The number of hydrogen-bond donors (Lipinski definition) is 1. The highest BCUT2D eigenvalue weighted by atomic mass is 16.5. The van der Waals surface area contributed by atoms with E-state index in [4.69, 9.17) is 4.74 Å². The number of hydrogen-bond acceptors (Lipinski definition) is 3. The highest BCUT2D eigenvalue weighted by Gasteiger charge is 2.26. The maximum absolute atomic E-state index is 11.2. The first-order chi connectivity index (χ1) is 12.0. The normalized spacial score (nSPS) is 12.1. The monoisotopic (exact) mass is 362 g/mol. The maximum atomic E-state index is 11.2. The number of carbonyl (C=O) groups is 2. The zero-order valence-electron chi connectivity index (χ0n) is 17.1. The highest BCUT2D eigenvalue weighted by Crippen LogP contribution is 2.27. The zero-order valence-corrected chi connectivity index (χ0v) is 17.1. The molecular weight excluding hydrogens is 328 g/mol. The SMILES string of the molecule is Cc1ccc(CCCC(C)(C)C(=O)O)c(C)c1CCCC(C)(C)OC=O. The minimum atomic E-state index is -0.737. The zero-order chi connectivity index (χ0) is 20.0. The third-order valence-corrected chi connectivity index (χ3v) is 5.34. The topological polar surface area (TPSA) is 63.6 Å².